The van der Waals surface area contributed by atoms with Crippen LogP contribution >= 0.6 is 0 Å². The molecule has 30 heavy (non-hydrogen) atoms. The molecule has 0 amide bonds. The highest BCUT2D eigenvalue weighted by molar-refractivity contribution is 5.82. The van der Waals surface area contributed by atoms with Gasteiger partial charge in [-0.2, -0.15) is 0 Å². The summed E-state index contributed by atoms with van der Waals surface area (Å²) in [5.74, 6) is -1.06. The topological polar surface area (TPSA) is 65.4 Å². The van der Waals surface area contributed by atoms with Crippen LogP contribution in [0.25, 0.3) is 10.9 Å². The summed E-state index contributed by atoms with van der Waals surface area (Å²) in [6.07, 6.45) is 5.29. The molecule has 0 radical (unpaired) electrons. The van der Waals surface area contributed by atoms with Crippen molar-refractivity contribution in [3.63, 3.8) is 0 Å². The number of anilines is 1. The van der Waals surface area contributed by atoms with E-state index in [1.165, 1.54) is 6.07 Å². The Morgan fingerprint density at radius 3 is 2.60 bits per heavy atom. The van der Waals surface area contributed by atoms with Gasteiger partial charge in [0, 0.05) is 49.0 Å². The molecule has 3 heterocycles. The van der Waals surface area contributed by atoms with Gasteiger partial charge in [0.1, 0.15) is 11.6 Å². The molecule has 0 bridgehead atoms. The quantitative estimate of drug-likeness (QED) is 0.672. The van der Waals surface area contributed by atoms with Gasteiger partial charge in [-0.25, -0.2) is 13.8 Å². The lowest BCUT2D eigenvalue weighted by Crippen LogP contribution is -2.28. The molecule has 1 aliphatic carbocycles. The Morgan fingerprint density at radius 1 is 1.07 bits per heavy atom. The van der Waals surface area contributed by atoms with Gasteiger partial charge in [0.05, 0.1) is 5.52 Å². The fraction of sp³-hybridized carbons (Fsp3) is 0.364. The zero-order chi connectivity index (χ0) is 20.7. The molecule has 1 aliphatic heterocycles. The molecule has 8 heteroatoms. The molecule has 2 fully saturated rings. The number of rotatable bonds is 5. The molecule has 2 aliphatic rings. The van der Waals surface area contributed by atoms with Gasteiger partial charge < -0.3 is 19.4 Å². The van der Waals surface area contributed by atoms with Crippen molar-refractivity contribution in [2.45, 2.75) is 37.8 Å². The van der Waals surface area contributed by atoms with Gasteiger partial charge in [-0.1, -0.05) is 0 Å². The second kappa shape index (κ2) is 7.68. The van der Waals surface area contributed by atoms with E-state index >= 15 is 0 Å². The van der Waals surface area contributed by atoms with Crippen molar-refractivity contribution in [2.75, 3.05) is 18.5 Å². The molecule has 156 valence electrons. The molecule has 1 saturated heterocycles. The molecule has 3 aromatic rings. The van der Waals surface area contributed by atoms with Crippen molar-refractivity contribution < 1.29 is 18.3 Å². The summed E-state index contributed by atoms with van der Waals surface area (Å²) in [4.78, 5) is 17.6. The number of fused-ring (bicyclic) bond motifs is 1. The van der Waals surface area contributed by atoms with E-state index in [9.17, 15) is 13.6 Å². The minimum absolute atomic E-state index is 0.00755. The van der Waals surface area contributed by atoms with E-state index < -0.39 is 11.6 Å². The highest BCUT2D eigenvalue weighted by Gasteiger charge is 2.28. The minimum atomic E-state index is -0.860. The fourth-order valence-corrected chi connectivity index (χ4v) is 3.78. The highest BCUT2D eigenvalue weighted by atomic mass is 19.1. The van der Waals surface area contributed by atoms with E-state index in [4.69, 9.17) is 9.47 Å². The van der Waals surface area contributed by atoms with E-state index in [0.29, 0.717) is 5.82 Å². The number of halogens is 2. The lowest BCUT2D eigenvalue weighted by Gasteiger charge is -2.24. The summed E-state index contributed by atoms with van der Waals surface area (Å²) in [6.45, 7) is 1.44. The lowest BCUT2D eigenvalue weighted by atomic mass is 10.1. The Labute approximate surface area is 171 Å². The summed E-state index contributed by atoms with van der Waals surface area (Å²) in [7, 11) is 0. The van der Waals surface area contributed by atoms with Crippen molar-refractivity contribution >= 4 is 16.7 Å². The maximum absolute atomic E-state index is 14.0. The summed E-state index contributed by atoms with van der Waals surface area (Å²) in [5.41, 5.74) is 0.427. The standard InChI is InChI=1S/C22H21F2N3O3/c23-14-1-4-19(17(24)10-14)30-20-9-13-12-25-21(26-15-5-7-29-8-6-15)11-18(13)27(22(20)28)16-2-3-16/h1,4,9-12,15-16H,2-3,5-8H2,(H,25,26). The summed E-state index contributed by atoms with van der Waals surface area (Å²) in [6, 6.07) is 6.81. The van der Waals surface area contributed by atoms with E-state index in [1.54, 1.807) is 16.8 Å². The largest absolute Gasteiger partial charge is 0.448 e. The van der Waals surface area contributed by atoms with Gasteiger partial charge in [0.25, 0.3) is 5.56 Å². The number of benzene rings is 1. The minimum Gasteiger partial charge on any atom is -0.448 e. The average molecular weight is 413 g/mol. The van der Waals surface area contributed by atoms with Gasteiger partial charge in [-0.15, -0.1) is 0 Å². The molecule has 6 nitrogen and oxygen atoms in total. The third-order valence-electron chi connectivity index (χ3n) is 5.49. The molecule has 1 aromatic carbocycles. The monoisotopic (exact) mass is 413 g/mol. The molecular formula is C22H21F2N3O3. The Bertz CT molecular complexity index is 1150. The van der Waals surface area contributed by atoms with Crippen LogP contribution < -0.4 is 15.6 Å². The van der Waals surface area contributed by atoms with Crippen LogP contribution in [0, 0.1) is 11.6 Å². The van der Waals surface area contributed by atoms with Crippen LogP contribution in [-0.2, 0) is 4.74 Å². The second-order valence-corrected chi connectivity index (χ2v) is 7.75. The maximum atomic E-state index is 14.0. The van der Waals surface area contributed by atoms with Crippen LogP contribution in [0.5, 0.6) is 11.5 Å². The molecular weight excluding hydrogens is 392 g/mol. The van der Waals surface area contributed by atoms with Crippen molar-refractivity contribution in [1.29, 1.82) is 0 Å². The molecule has 0 unspecified atom stereocenters. The van der Waals surface area contributed by atoms with Gasteiger partial charge in [-0.05, 0) is 43.9 Å². The first-order valence-corrected chi connectivity index (χ1v) is 10.1. The summed E-state index contributed by atoms with van der Waals surface area (Å²) >= 11 is 0. The summed E-state index contributed by atoms with van der Waals surface area (Å²) < 4.78 is 39.8. The summed E-state index contributed by atoms with van der Waals surface area (Å²) in [5, 5.41) is 4.14. The molecule has 1 N–H and O–H groups in total. The van der Waals surface area contributed by atoms with Crippen molar-refractivity contribution in [2.24, 2.45) is 0 Å². The Hall–Kier alpha value is -3.00. The maximum Gasteiger partial charge on any atom is 0.294 e. The number of nitrogens with zero attached hydrogens (tertiary/aromatic N) is 2. The second-order valence-electron chi connectivity index (χ2n) is 7.75. The zero-order valence-corrected chi connectivity index (χ0v) is 16.2. The van der Waals surface area contributed by atoms with Crippen LogP contribution in [-0.4, -0.2) is 28.8 Å². The van der Waals surface area contributed by atoms with Crippen LogP contribution in [0.2, 0.25) is 0 Å². The van der Waals surface area contributed by atoms with Crippen LogP contribution in [0.15, 0.2) is 41.3 Å². The third kappa shape index (κ3) is 3.75. The number of ether oxygens (including phenoxy) is 2. The van der Waals surface area contributed by atoms with Crippen molar-refractivity contribution in [3.05, 3.63) is 58.5 Å². The predicted molar refractivity (Wildman–Crippen MR) is 108 cm³/mol. The Kier molecular flexibility index (Phi) is 4.86. The van der Waals surface area contributed by atoms with Crippen LogP contribution in [0.4, 0.5) is 14.6 Å². The average Bonchev–Trinajstić information content (AvgIpc) is 3.56. The highest BCUT2D eigenvalue weighted by Crippen LogP contribution is 2.37. The van der Waals surface area contributed by atoms with Gasteiger partial charge in [0.2, 0.25) is 0 Å². The number of hydrogen-bond donors (Lipinski definition) is 1. The first-order valence-electron chi connectivity index (χ1n) is 10.1. The molecule has 1 saturated carbocycles. The van der Waals surface area contributed by atoms with Crippen molar-refractivity contribution in [1.82, 2.24) is 9.55 Å². The smallest absolute Gasteiger partial charge is 0.294 e. The first kappa shape index (κ1) is 19.0. The van der Waals surface area contributed by atoms with E-state index in [-0.39, 0.29) is 29.1 Å². The number of aromatic nitrogens is 2. The van der Waals surface area contributed by atoms with E-state index in [2.05, 4.69) is 10.3 Å². The molecule has 5 rings (SSSR count). The number of nitrogens with one attached hydrogen (secondary N) is 1. The van der Waals surface area contributed by atoms with Gasteiger partial charge in [-0.3, -0.25) is 4.79 Å². The predicted octanol–water partition coefficient (Wildman–Crippen LogP) is 4.39. The van der Waals surface area contributed by atoms with E-state index in [1.807, 2.05) is 6.07 Å². The zero-order valence-electron chi connectivity index (χ0n) is 16.2. The fourth-order valence-electron chi connectivity index (χ4n) is 3.78. The Morgan fingerprint density at radius 2 is 1.87 bits per heavy atom. The molecule has 0 atom stereocenters. The number of hydrogen-bond acceptors (Lipinski definition) is 5. The van der Waals surface area contributed by atoms with Gasteiger partial charge >= 0.3 is 0 Å². The van der Waals surface area contributed by atoms with Crippen molar-refractivity contribution in [3.8, 4) is 11.5 Å². The van der Waals surface area contributed by atoms with Crippen LogP contribution in [0.1, 0.15) is 31.7 Å². The third-order valence-corrected chi connectivity index (χ3v) is 5.49. The molecule has 2 aromatic heterocycles. The SMILES string of the molecule is O=c1c(Oc2ccc(F)cc2F)cc2cnc(NC3CCOCC3)cc2n1C1CC1. The van der Waals surface area contributed by atoms with Crippen LogP contribution in [0.3, 0.4) is 0 Å². The number of pyridine rings is 2. The first-order chi connectivity index (χ1) is 14.6. The molecule has 0 spiro atoms. The Balaban J connectivity index is 1.53. The van der Waals surface area contributed by atoms with Gasteiger partial charge in [0.15, 0.2) is 17.3 Å². The van der Waals surface area contributed by atoms with E-state index in [0.717, 1.165) is 61.9 Å². The lowest BCUT2D eigenvalue weighted by molar-refractivity contribution is 0.0904. The normalized spacial score (nSPS) is 17.3.